The van der Waals surface area contributed by atoms with Crippen LogP contribution in [0.2, 0.25) is 0 Å². The lowest BCUT2D eigenvalue weighted by Crippen LogP contribution is -2.03. The van der Waals surface area contributed by atoms with Crippen LogP contribution in [0.4, 0.5) is 13.2 Å². The zero-order chi connectivity index (χ0) is 14.3. The monoisotopic (exact) mass is 302 g/mol. The molecule has 0 amide bonds. The fourth-order valence-electron chi connectivity index (χ4n) is 1.23. The van der Waals surface area contributed by atoms with E-state index in [1.165, 1.54) is 17.7 Å². The van der Waals surface area contributed by atoms with Crippen molar-refractivity contribution < 1.29 is 13.2 Å². The van der Waals surface area contributed by atoms with Gasteiger partial charge in [-0.1, -0.05) is 30.3 Å². The summed E-state index contributed by atoms with van der Waals surface area (Å²) in [6, 6.07) is 14.8. The molecule has 0 fully saturated rings. The molecule has 102 valence electrons. The van der Waals surface area contributed by atoms with Gasteiger partial charge in [0.15, 0.2) is 0 Å². The predicted octanol–water partition coefficient (Wildman–Crippen LogP) is 5.11. The van der Waals surface area contributed by atoms with Gasteiger partial charge in [-0.05, 0) is 29.8 Å². The molecular weight excluding hydrogens is 289 g/mol. The third kappa shape index (κ3) is 6.07. The molecule has 0 heterocycles. The lowest BCUT2D eigenvalue weighted by molar-refractivity contribution is -0.137. The molecule has 0 spiro atoms. The van der Waals surface area contributed by atoms with Gasteiger partial charge in [0.1, 0.15) is 0 Å². The normalized spacial score (nSPS) is 10.6. The molecule has 0 N–H and O–H groups in total. The average Bonchev–Trinajstić information content (AvgIpc) is 2.40. The van der Waals surface area contributed by atoms with Crippen LogP contribution < -0.4 is 0 Å². The maximum absolute atomic E-state index is 11.9. The van der Waals surface area contributed by atoms with Gasteiger partial charge in [0.2, 0.25) is 0 Å². The van der Waals surface area contributed by atoms with Crippen LogP contribution in [0.15, 0.2) is 59.5 Å². The van der Waals surface area contributed by atoms with Crippen LogP contribution in [0.5, 0.6) is 0 Å². The number of rotatable bonds is 1. The van der Waals surface area contributed by atoms with E-state index in [-0.39, 0.29) is 0 Å². The van der Waals surface area contributed by atoms with Crippen LogP contribution in [0.1, 0.15) is 11.1 Å². The first-order chi connectivity index (χ1) is 8.93. The summed E-state index contributed by atoms with van der Waals surface area (Å²) in [4.78, 5) is 0.526. The SMILES string of the molecule is FC(F)(F)c1ccc(S)cc1.SCc1ccccc1. The van der Waals surface area contributed by atoms with Crippen LogP contribution in [0.3, 0.4) is 0 Å². The van der Waals surface area contributed by atoms with Gasteiger partial charge in [0, 0.05) is 10.6 Å². The Labute approximate surface area is 121 Å². The molecule has 0 saturated heterocycles. The van der Waals surface area contributed by atoms with Gasteiger partial charge < -0.3 is 0 Å². The number of alkyl halides is 3. The highest BCUT2D eigenvalue weighted by Gasteiger charge is 2.29. The Morgan fingerprint density at radius 3 is 1.74 bits per heavy atom. The maximum Gasteiger partial charge on any atom is 0.416 e. The van der Waals surface area contributed by atoms with Gasteiger partial charge >= 0.3 is 6.18 Å². The van der Waals surface area contributed by atoms with E-state index in [1.807, 2.05) is 18.2 Å². The van der Waals surface area contributed by atoms with E-state index in [0.717, 1.165) is 17.9 Å². The Morgan fingerprint density at radius 2 is 1.37 bits per heavy atom. The Morgan fingerprint density at radius 1 is 0.842 bits per heavy atom. The number of hydrogen-bond donors (Lipinski definition) is 2. The molecule has 0 atom stereocenters. The zero-order valence-electron chi connectivity index (χ0n) is 9.93. The highest BCUT2D eigenvalue weighted by Crippen LogP contribution is 2.29. The first-order valence-electron chi connectivity index (χ1n) is 5.44. The zero-order valence-corrected chi connectivity index (χ0v) is 11.7. The molecule has 0 unspecified atom stereocenters. The van der Waals surface area contributed by atoms with Crippen molar-refractivity contribution in [1.29, 1.82) is 0 Å². The minimum atomic E-state index is -4.25. The molecule has 0 aliphatic carbocycles. The summed E-state index contributed by atoms with van der Waals surface area (Å²) in [5.74, 6) is 0.834. The summed E-state index contributed by atoms with van der Waals surface area (Å²) in [7, 11) is 0. The standard InChI is InChI=1S/C7H5F3S.C7H8S/c8-7(9,10)5-1-3-6(11)4-2-5;8-6-7-4-2-1-3-5-7/h1-4,11H;1-5,8H,6H2. The molecule has 0 saturated carbocycles. The third-order valence-corrected chi connectivity index (χ3v) is 2.88. The second-order valence-electron chi connectivity index (χ2n) is 3.69. The molecule has 0 nitrogen and oxygen atoms in total. The summed E-state index contributed by atoms with van der Waals surface area (Å²) in [5, 5.41) is 0. The van der Waals surface area contributed by atoms with Gasteiger partial charge in [-0.2, -0.15) is 25.8 Å². The van der Waals surface area contributed by atoms with Gasteiger partial charge in [-0.15, -0.1) is 12.6 Å². The van der Waals surface area contributed by atoms with E-state index >= 15 is 0 Å². The molecule has 0 radical (unpaired) electrons. The predicted molar refractivity (Wildman–Crippen MR) is 77.8 cm³/mol. The van der Waals surface area contributed by atoms with Crippen molar-refractivity contribution >= 4 is 25.3 Å². The van der Waals surface area contributed by atoms with Crippen molar-refractivity contribution in [3.05, 3.63) is 65.7 Å². The van der Waals surface area contributed by atoms with Crippen LogP contribution in [-0.4, -0.2) is 0 Å². The van der Waals surface area contributed by atoms with Crippen LogP contribution in [0.25, 0.3) is 0 Å². The van der Waals surface area contributed by atoms with Crippen molar-refractivity contribution in [2.75, 3.05) is 0 Å². The first-order valence-corrected chi connectivity index (χ1v) is 6.52. The lowest BCUT2D eigenvalue weighted by Gasteiger charge is -2.05. The largest absolute Gasteiger partial charge is 0.416 e. The molecular formula is C14H13F3S2. The quantitative estimate of drug-likeness (QED) is 0.672. The van der Waals surface area contributed by atoms with Crippen LogP contribution in [0, 0.1) is 0 Å². The molecule has 0 aromatic heterocycles. The molecule has 0 bridgehead atoms. The van der Waals surface area contributed by atoms with E-state index in [9.17, 15) is 13.2 Å². The highest BCUT2D eigenvalue weighted by molar-refractivity contribution is 7.80. The fraction of sp³-hybridized carbons (Fsp3) is 0.143. The molecule has 5 heteroatoms. The Hall–Kier alpha value is -1.07. The number of hydrogen-bond acceptors (Lipinski definition) is 2. The van der Waals surface area contributed by atoms with E-state index in [2.05, 4.69) is 37.4 Å². The fourth-order valence-corrected chi connectivity index (χ4v) is 1.59. The molecule has 19 heavy (non-hydrogen) atoms. The van der Waals surface area contributed by atoms with Crippen molar-refractivity contribution in [3.63, 3.8) is 0 Å². The van der Waals surface area contributed by atoms with Crippen LogP contribution >= 0.6 is 25.3 Å². The van der Waals surface area contributed by atoms with Crippen molar-refractivity contribution in [3.8, 4) is 0 Å². The number of thiol groups is 2. The maximum atomic E-state index is 11.9. The summed E-state index contributed by atoms with van der Waals surface area (Å²) in [6.07, 6.45) is -4.25. The first kappa shape index (κ1) is 16.0. The van der Waals surface area contributed by atoms with Crippen LogP contribution in [-0.2, 0) is 11.9 Å². The summed E-state index contributed by atoms with van der Waals surface area (Å²) >= 11 is 7.97. The summed E-state index contributed by atoms with van der Waals surface area (Å²) in [6.45, 7) is 0. The topological polar surface area (TPSA) is 0 Å². The third-order valence-electron chi connectivity index (χ3n) is 2.22. The Balaban J connectivity index is 0.000000200. The van der Waals surface area contributed by atoms with E-state index in [0.29, 0.717) is 4.90 Å². The Bertz CT molecular complexity index is 478. The molecule has 0 aliphatic rings. The summed E-state index contributed by atoms with van der Waals surface area (Å²) in [5.41, 5.74) is 0.631. The molecule has 2 rings (SSSR count). The minimum Gasteiger partial charge on any atom is -0.175 e. The molecule has 2 aromatic carbocycles. The van der Waals surface area contributed by atoms with Gasteiger partial charge in [0.25, 0.3) is 0 Å². The number of benzene rings is 2. The van der Waals surface area contributed by atoms with Crippen molar-refractivity contribution in [2.24, 2.45) is 0 Å². The Kier molecular flexibility index (Phi) is 6.31. The second kappa shape index (κ2) is 7.50. The van der Waals surface area contributed by atoms with Gasteiger partial charge in [-0.25, -0.2) is 0 Å². The van der Waals surface area contributed by atoms with E-state index in [4.69, 9.17) is 0 Å². The van der Waals surface area contributed by atoms with E-state index < -0.39 is 11.7 Å². The van der Waals surface area contributed by atoms with Gasteiger partial charge in [-0.3, -0.25) is 0 Å². The molecule has 0 aliphatic heterocycles. The average molecular weight is 302 g/mol. The van der Waals surface area contributed by atoms with E-state index in [1.54, 1.807) is 0 Å². The number of halogens is 3. The minimum absolute atomic E-state index is 0.526. The lowest BCUT2D eigenvalue weighted by atomic mass is 10.2. The highest BCUT2D eigenvalue weighted by atomic mass is 32.1. The van der Waals surface area contributed by atoms with Crippen molar-refractivity contribution in [2.45, 2.75) is 16.8 Å². The smallest absolute Gasteiger partial charge is 0.175 e. The molecule has 2 aromatic rings. The van der Waals surface area contributed by atoms with Gasteiger partial charge in [0.05, 0.1) is 5.56 Å². The van der Waals surface area contributed by atoms with Crippen molar-refractivity contribution in [1.82, 2.24) is 0 Å². The summed E-state index contributed by atoms with van der Waals surface area (Å²) < 4.78 is 35.7. The second-order valence-corrected chi connectivity index (χ2v) is 4.52.